The molecule has 1 N–H and O–H groups in total. The number of hydrogen-bond donors (Lipinski definition) is 1. The lowest BCUT2D eigenvalue weighted by atomic mass is 10.2. The zero-order chi connectivity index (χ0) is 20.1. The normalized spacial score (nSPS) is 20.6. The molecule has 0 aliphatic carbocycles. The lowest BCUT2D eigenvalue weighted by Gasteiger charge is -2.34. The van der Waals surface area contributed by atoms with Gasteiger partial charge >= 0.3 is 0 Å². The van der Waals surface area contributed by atoms with Gasteiger partial charge in [-0.1, -0.05) is 12.1 Å². The Labute approximate surface area is 165 Å². The molecule has 28 heavy (non-hydrogen) atoms. The molecule has 1 aromatic carbocycles. The van der Waals surface area contributed by atoms with Crippen molar-refractivity contribution in [1.82, 2.24) is 14.6 Å². The zero-order valence-electron chi connectivity index (χ0n) is 16.0. The fourth-order valence-corrected chi connectivity index (χ4v) is 4.86. The summed E-state index contributed by atoms with van der Waals surface area (Å²) in [6.45, 7) is 4.72. The lowest BCUT2D eigenvalue weighted by Crippen LogP contribution is -2.48. The molecule has 3 rings (SSSR count). The van der Waals surface area contributed by atoms with E-state index in [4.69, 9.17) is 4.74 Å². The minimum absolute atomic E-state index is 0.117. The number of sulfonamides is 1. The van der Waals surface area contributed by atoms with Crippen molar-refractivity contribution in [2.24, 2.45) is 0 Å². The second kappa shape index (κ2) is 8.81. The highest BCUT2D eigenvalue weighted by Gasteiger charge is 2.32. The van der Waals surface area contributed by atoms with Gasteiger partial charge in [-0.25, -0.2) is 8.42 Å². The summed E-state index contributed by atoms with van der Waals surface area (Å²) in [7, 11) is -3.68. The third-order valence-electron chi connectivity index (χ3n) is 4.51. The van der Waals surface area contributed by atoms with Crippen molar-refractivity contribution in [3.8, 4) is 0 Å². The number of ether oxygens (including phenoxy) is 1. The molecule has 0 bridgehead atoms. The van der Waals surface area contributed by atoms with E-state index in [1.165, 1.54) is 16.4 Å². The van der Waals surface area contributed by atoms with E-state index in [1.807, 2.05) is 32.0 Å². The van der Waals surface area contributed by atoms with Gasteiger partial charge in [0.05, 0.1) is 17.1 Å². The van der Waals surface area contributed by atoms with Crippen LogP contribution in [0.1, 0.15) is 29.9 Å². The van der Waals surface area contributed by atoms with E-state index in [9.17, 15) is 13.2 Å². The van der Waals surface area contributed by atoms with Crippen molar-refractivity contribution >= 4 is 15.9 Å². The lowest BCUT2D eigenvalue weighted by molar-refractivity contribution is -0.0440. The van der Waals surface area contributed by atoms with E-state index in [-0.39, 0.29) is 23.0 Å². The number of benzene rings is 1. The van der Waals surface area contributed by atoms with Crippen LogP contribution in [0.25, 0.3) is 0 Å². The number of hydrogen-bond acceptors (Lipinski definition) is 5. The highest BCUT2D eigenvalue weighted by atomic mass is 32.2. The van der Waals surface area contributed by atoms with Crippen molar-refractivity contribution in [1.29, 1.82) is 0 Å². The van der Waals surface area contributed by atoms with E-state index in [1.54, 1.807) is 18.3 Å². The standard InChI is InChI=1S/C20H25N3O4S/c1-15-13-23(14-16(2)27-15)28(25,26)19-8-5-6-17(12-19)20(24)22-11-9-18-7-3-4-10-21-18/h3-8,10,12,15-16H,9,11,13-14H2,1-2H3,(H,22,24). The Morgan fingerprint density at radius 1 is 1.18 bits per heavy atom. The first kappa shape index (κ1) is 20.4. The quantitative estimate of drug-likeness (QED) is 0.795. The van der Waals surface area contributed by atoms with Crippen molar-refractivity contribution in [3.63, 3.8) is 0 Å². The molecule has 0 saturated carbocycles. The third kappa shape index (κ3) is 4.95. The Balaban J connectivity index is 1.68. The van der Waals surface area contributed by atoms with Crippen LogP contribution < -0.4 is 5.32 Å². The number of rotatable bonds is 6. The van der Waals surface area contributed by atoms with Crippen LogP contribution >= 0.6 is 0 Å². The Hall–Kier alpha value is -2.29. The molecule has 0 spiro atoms. The first-order chi connectivity index (χ1) is 13.4. The average Bonchev–Trinajstić information content (AvgIpc) is 2.68. The molecule has 1 aliphatic rings. The Kier molecular flexibility index (Phi) is 6.43. The first-order valence-corrected chi connectivity index (χ1v) is 10.7. The molecule has 2 aromatic rings. The number of carbonyl (C=O) groups excluding carboxylic acids is 1. The predicted octanol–water partition coefficient (Wildman–Crippen LogP) is 1.85. The first-order valence-electron chi connectivity index (χ1n) is 9.30. The molecule has 0 radical (unpaired) electrons. The average molecular weight is 404 g/mol. The summed E-state index contributed by atoms with van der Waals surface area (Å²) < 4.78 is 33.0. The SMILES string of the molecule is CC1CN(S(=O)(=O)c2cccc(C(=O)NCCc3ccccn3)c2)CC(C)O1. The molecule has 1 amide bonds. The molecule has 1 saturated heterocycles. The number of pyridine rings is 1. The van der Waals surface area contributed by atoms with Gasteiger partial charge in [-0.3, -0.25) is 9.78 Å². The molecular formula is C20H25N3O4S. The van der Waals surface area contributed by atoms with Gasteiger partial charge in [-0.05, 0) is 44.2 Å². The van der Waals surface area contributed by atoms with Crippen LogP contribution in [0, 0.1) is 0 Å². The number of carbonyl (C=O) groups is 1. The van der Waals surface area contributed by atoms with Gasteiger partial charge in [0.15, 0.2) is 0 Å². The fraction of sp³-hybridized carbons (Fsp3) is 0.400. The van der Waals surface area contributed by atoms with E-state index in [2.05, 4.69) is 10.3 Å². The second-order valence-electron chi connectivity index (χ2n) is 6.93. The second-order valence-corrected chi connectivity index (χ2v) is 8.87. The van der Waals surface area contributed by atoms with Crippen LogP contribution in [0.5, 0.6) is 0 Å². The largest absolute Gasteiger partial charge is 0.373 e. The maximum atomic E-state index is 13.0. The summed E-state index contributed by atoms with van der Waals surface area (Å²) in [5.41, 5.74) is 1.20. The summed E-state index contributed by atoms with van der Waals surface area (Å²) in [6.07, 6.45) is 1.97. The molecule has 1 fully saturated rings. The fourth-order valence-electron chi connectivity index (χ4n) is 3.23. The minimum atomic E-state index is -3.68. The van der Waals surface area contributed by atoms with Gasteiger partial charge in [0.2, 0.25) is 10.0 Å². The Morgan fingerprint density at radius 3 is 2.61 bits per heavy atom. The summed E-state index contributed by atoms with van der Waals surface area (Å²) in [6, 6.07) is 11.8. The van der Waals surface area contributed by atoms with E-state index < -0.39 is 10.0 Å². The molecule has 2 atom stereocenters. The minimum Gasteiger partial charge on any atom is -0.373 e. The molecular weight excluding hydrogens is 378 g/mol. The van der Waals surface area contributed by atoms with Crippen LogP contribution in [0.4, 0.5) is 0 Å². The smallest absolute Gasteiger partial charge is 0.251 e. The monoisotopic (exact) mass is 403 g/mol. The van der Waals surface area contributed by atoms with E-state index >= 15 is 0 Å². The van der Waals surface area contributed by atoms with Gasteiger partial charge in [-0.2, -0.15) is 4.31 Å². The highest BCUT2D eigenvalue weighted by molar-refractivity contribution is 7.89. The number of amides is 1. The van der Waals surface area contributed by atoms with Gasteiger partial charge < -0.3 is 10.1 Å². The van der Waals surface area contributed by atoms with Crippen LogP contribution in [0.3, 0.4) is 0 Å². The molecule has 1 aliphatic heterocycles. The van der Waals surface area contributed by atoms with E-state index in [0.717, 1.165) is 5.69 Å². The van der Waals surface area contributed by atoms with Gasteiger partial charge in [0.25, 0.3) is 5.91 Å². The molecule has 150 valence electrons. The summed E-state index contributed by atoms with van der Waals surface area (Å²) in [4.78, 5) is 16.8. The van der Waals surface area contributed by atoms with Gasteiger partial charge in [-0.15, -0.1) is 0 Å². The summed E-state index contributed by atoms with van der Waals surface area (Å²) in [5.74, 6) is -0.309. The van der Waals surface area contributed by atoms with Crippen LogP contribution in [0.15, 0.2) is 53.6 Å². The summed E-state index contributed by atoms with van der Waals surface area (Å²) in [5, 5.41) is 2.81. The topological polar surface area (TPSA) is 88.6 Å². The van der Waals surface area contributed by atoms with Crippen molar-refractivity contribution in [3.05, 3.63) is 59.9 Å². The Bertz CT molecular complexity index is 908. The van der Waals surface area contributed by atoms with Crippen molar-refractivity contribution in [2.75, 3.05) is 19.6 Å². The maximum Gasteiger partial charge on any atom is 0.251 e. The van der Waals surface area contributed by atoms with Crippen LogP contribution in [-0.4, -0.2) is 55.5 Å². The predicted molar refractivity (Wildman–Crippen MR) is 105 cm³/mol. The van der Waals surface area contributed by atoms with Gasteiger partial charge in [0.1, 0.15) is 0 Å². The van der Waals surface area contributed by atoms with Crippen LogP contribution in [0.2, 0.25) is 0 Å². The van der Waals surface area contributed by atoms with Crippen LogP contribution in [-0.2, 0) is 21.2 Å². The highest BCUT2D eigenvalue weighted by Crippen LogP contribution is 2.22. The van der Waals surface area contributed by atoms with Crippen molar-refractivity contribution in [2.45, 2.75) is 37.4 Å². The zero-order valence-corrected chi connectivity index (χ0v) is 16.9. The number of aromatic nitrogens is 1. The van der Waals surface area contributed by atoms with Crippen molar-refractivity contribution < 1.29 is 17.9 Å². The molecule has 8 heteroatoms. The maximum absolute atomic E-state index is 13.0. The Morgan fingerprint density at radius 2 is 1.93 bits per heavy atom. The molecule has 2 heterocycles. The number of nitrogens with one attached hydrogen (secondary N) is 1. The summed E-state index contributed by atoms with van der Waals surface area (Å²) >= 11 is 0. The van der Waals surface area contributed by atoms with Gasteiger partial charge in [0, 0.05) is 43.5 Å². The third-order valence-corrected chi connectivity index (χ3v) is 6.34. The molecule has 2 unspecified atom stereocenters. The number of morpholine rings is 1. The van der Waals surface area contributed by atoms with E-state index in [0.29, 0.717) is 31.6 Å². The molecule has 7 nitrogen and oxygen atoms in total. The molecule has 1 aromatic heterocycles. The number of nitrogens with zero attached hydrogens (tertiary/aromatic N) is 2.